The van der Waals surface area contributed by atoms with Gasteiger partial charge in [0, 0.05) is 48.3 Å². The third-order valence-electron chi connectivity index (χ3n) is 7.18. The summed E-state index contributed by atoms with van der Waals surface area (Å²) in [7, 11) is 0. The highest BCUT2D eigenvalue weighted by molar-refractivity contribution is 5.96. The standard InChI is InChI=1S/C29H32N6O2/c1-19-16-21(5-8-24(19)29(36)33-22-6-7-22)27-18-32-28-26(31-14-11-23-4-2-3-15-37-23)17-25(34-35(27)28)20-9-12-30-13-10-20/h5,8-10,12-13,16-18,22-23,31H,2-4,6-7,11,14-15H2,1H3,(H,33,36). The summed E-state index contributed by atoms with van der Waals surface area (Å²) >= 11 is 0. The highest BCUT2D eigenvalue weighted by Crippen LogP contribution is 2.29. The van der Waals surface area contributed by atoms with Crippen molar-refractivity contribution in [2.45, 2.75) is 57.6 Å². The van der Waals surface area contributed by atoms with Crippen LogP contribution in [0, 0.1) is 6.92 Å². The highest BCUT2D eigenvalue weighted by Gasteiger charge is 2.24. The van der Waals surface area contributed by atoms with E-state index < -0.39 is 0 Å². The van der Waals surface area contributed by atoms with E-state index in [-0.39, 0.29) is 5.91 Å². The molecule has 8 heteroatoms. The smallest absolute Gasteiger partial charge is 0.251 e. The van der Waals surface area contributed by atoms with Gasteiger partial charge in [-0.25, -0.2) is 9.50 Å². The van der Waals surface area contributed by atoms with Gasteiger partial charge in [0.2, 0.25) is 0 Å². The number of rotatable bonds is 8. The van der Waals surface area contributed by atoms with E-state index in [0.717, 1.165) is 84.7 Å². The predicted molar refractivity (Wildman–Crippen MR) is 144 cm³/mol. The molecule has 4 aromatic rings. The molecule has 3 aromatic heterocycles. The molecule has 1 aromatic carbocycles. The number of carbonyl (C=O) groups is 1. The Hall–Kier alpha value is -3.78. The van der Waals surface area contributed by atoms with Gasteiger partial charge in [0.05, 0.1) is 29.4 Å². The lowest BCUT2D eigenvalue weighted by molar-refractivity contribution is 0.0134. The fraction of sp³-hybridized carbons (Fsp3) is 0.379. The first kappa shape index (κ1) is 23.6. The molecule has 0 bridgehead atoms. The molecule has 1 aliphatic heterocycles. The van der Waals surface area contributed by atoms with Crippen molar-refractivity contribution in [2.24, 2.45) is 0 Å². The van der Waals surface area contributed by atoms with Crippen LogP contribution in [0.2, 0.25) is 0 Å². The van der Waals surface area contributed by atoms with E-state index in [9.17, 15) is 4.79 Å². The van der Waals surface area contributed by atoms with Crippen LogP contribution in [0.5, 0.6) is 0 Å². The number of hydrogen-bond acceptors (Lipinski definition) is 6. The lowest BCUT2D eigenvalue weighted by Crippen LogP contribution is -2.26. The van der Waals surface area contributed by atoms with Gasteiger partial charge in [0.15, 0.2) is 5.65 Å². The number of nitrogens with one attached hydrogen (secondary N) is 2. The van der Waals surface area contributed by atoms with Gasteiger partial charge in [-0.1, -0.05) is 6.07 Å². The van der Waals surface area contributed by atoms with Gasteiger partial charge in [-0.05, 0) is 81.3 Å². The maximum Gasteiger partial charge on any atom is 0.251 e. The van der Waals surface area contributed by atoms with Crippen molar-refractivity contribution < 1.29 is 9.53 Å². The number of aromatic nitrogens is 4. The summed E-state index contributed by atoms with van der Waals surface area (Å²) in [5.74, 6) is -0.00350. The minimum absolute atomic E-state index is 0.00350. The van der Waals surface area contributed by atoms with E-state index in [0.29, 0.717) is 17.7 Å². The van der Waals surface area contributed by atoms with Gasteiger partial charge in [0.1, 0.15) is 0 Å². The number of fused-ring (bicyclic) bond motifs is 1. The summed E-state index contributed by atoms with van der Waals surface area (Å²) in [5.41, 5.74) is 7.01. The molecule has 0 spiro atoms. The van der Waals surface area contributed by atoms with Gasteiger partial charge >= 0.3 is 0 Å². The molecular formula is C29H32N6O2. The Balaban J connectivity index is 1.33. The van der Waals surface area contributed by atoms with Crippen LogP contribution in [-0.4, -0.2) is 50.8 Å². The number of amides is 1. The largest absolute Gasteiger partial charge is 0.382 e. The molecule has 1 unspecified atom stereocenters. The van der Waals surface area contributed by atoms with Crippen molar-refractivity contribution in [3.05, 3.63) is 66.1 Å². The van der Waals surface area contributed by atoms with Crippen LogP contribution in [-0.2, 0) is 4.74 Å². The number of hydrogen-bond donors (Lipinski definition) is 2. The monoisotopic (exact) mass is 496 g/mol. The molecule has 4 heterocycles. The van der Waals surface area contributed by atoms with Gasteiger partial charge in [-0.15, -0.1) is 0 Å². The van der Waals surface area contributed by atoms with Gasteiger partial charge in [-0.2, -0.15) is 5.10 Å². The Kier molecular flexibility index (Phi) is 6.57. The molecule has 2 N–H and O–H groups in total. The summed E-state index contributed by atoms with van der Waals surface area (Å²) in [6.45, 7) is 3.64. The number of benzene rings is 1. The zero-order valence-electron chi connectivity index (χ0n) is 21.1. The third-order valence-corrected chi connectivity index (χ3v) is 7.18. The second kappa shape index (κ2) is 10.3. The van der Waals surface area contributed by atoms with E-state index in [1.54, 1.807) is 12.4 Å². The first-order valence-electron chi connectivity index (χ1n) is 13.2. The van der Waals surface area contributed by atoms with Crippen LogP contribution in [0.25, 0.3) is 28.2 Å². The molecule has 190 valence electrons. The molecule has 2 aliphatic rings. The number of pyridine rings is 1. The van der Waals surface area contributed by atoms with Gasteiger partial charge in [-0.3, -0.25) is 9.78 Å². The topological polar surface area (TPSA) is 93.4 Å². The summed E-state index contributed by atoms with van der Waals surface area (Å²) in [6.07, 6.45) is 12.3. The molecule has 1 atom stereocenters. The second-order valence-electron chi connectivity index (χ2n) is 10.0. The molecular weight excluding hydrogens is 464 g/mol. The lowest BCUT2D eigenvalue weighted by atomic mass is 10.0. The summed E-state index contributed by atoms with van der Waals surface area (Å²) in [6, 6.07) is 12.2. The van der Waals surface area contributed by atoms with Crippen molar-refractivity contribution >= 4 is 17.2 Å². The van der Waals surface area contributed by atoms with Crippen LogP contribution in [0.15, 0.2) is 55.0 Å². The highest BCUT2D eigenvalue weighted by atomic mass is 16.5. The average molecular weight is 497 g/mol. The van der Waals surface area contributed by atoms with Crippen LogP contribution < -0.4 is 10.6 Å². The SMILES string of the molecule is Cc1cc(-c2cnc3c(NCCC4CCCCO4)cc(-c4ccncc4)nn23)ccc1C(=O)NC1CC1. The summed E-state index contributed by atoms with van der Waals surface area (Å²) in [5, 5.41) is 11.6. The molecule has 1 aliphatic carbocycles. The fourth-order valence-electron chi connectivity index (χ4n) is 4.93. The minimum Gasteiger partial charge on any atom is -0.382 e. The van der Waals surface area contributed by atoms with Crippen molar-refractivity contribution in [2.75, 3.05) is 18.5 Å². The number of imidazole rings is 1. The van der Waals surface area contributed by atoms with Gasteiger partial charge in [0.25, 0.3) is 5.91 Å². The Labute approximate surface area is 216 Å². The number of aryl methyl sites for hydroxylation is 1. The molecule has 37 heavy (non-hydrogen) atoms. The normalized spacial score (nSPS) is 17.6. The van der Waals surface area contributed by atoms with E-state index in [1.807, 2.05) is 48.0 Å². The molecule has 1 saturated carbocycles. The van der Waals surface area contributed by atoms with E-state index in [4.69, 9.17) is 14.8 Å². The number of ether oxygens (including phenoxy) is 1. The van der Waals surface area contributed by atoms with E-state index in [2.05, 4.69) is 21.7 Å². The third kappa shape index (κ3) is 5.20. The Bertz CT molecular complexity index is 1410. The Morgan fingerprint density at radius 1 is 1.08 bits per heavy atom. The minimum atomic E-state index is -0.00350. The first-order chi connectivity index (χ1) is 18.2. The molecule has 6 rings (SSSR count). The van der Waals surface area contributed by atoms with Crippen LogP contribution in [0.1, 0.15) is 54.4 Å². The number of nitrogens with zero attached hydrogens (tertiary/aromatic N) is 4. The van der Waals surface area contributed by atoms with Crippen LogP contribution in [0.3, 0.4) is 0 Å². The second-order valence-corrected chi connectivity index (χ2v) is 10.0. The number of carbonyl (C=O) groups excluding carboxylic acids is 1. The zero-order valence-corrected chi connectivity index (χ0v) is 21.1. The van der Waals surface area contributed by atoms with Crippen LogP contribution in [0.4, 0.5) is 5.69 Å². The fourth-order valence-corrected chi connectivity index (χ4v) is 4.93. The maximum absolute atomic E-state index is 12.6. The molecule has 8 nitrogen and oxygen atoms in total. The van der Waals surface area contributed by atoms with Gasteiger partial charge < -0.3 is 15.4 Å². The average Bonchev–Trinajstić information content (AvgIpc) is 3.64. The van der Waals surface area contributed by atoms with Crippen molar-refractivity contribution in [1.29, 1.82) is 0 Å². The van der Waals surface area contributed by atoms with Crippen molar-refractivity contribution in [1.82, 2.24) is 24.9 Å². The molecule has 0 radical (unpaired) electrons. The Morgan fingerprint density at radius 3 is 2.70 bits per heavy atom. The Morgan fingerprint density at radius 2 is 1.95 bits per heavy atom. The summed E-state index contributed by atoms with van der Waals surface area (Å²) in [4.78, 5) is 21.5. The molecule has 1 amide bonds. The van der Waals surface area contributed by atoms with Crippen LogP contribution >= 0.6 is 0 Å². The molecule has 1 saturated heterocycles. The number of anilines is 1. The molecule has 2 fully saturated rings. The first-order valence-corrected chi connectivity index (χ1v) is 13.2. The predicted octanol–water partition coefficient (Wildman–Crippen LogP) is 5.03. The summed E-state index contributed by atoms with van der Waals surface area (Å²) < 4.78 is 7.81. The van der Waals surface area contributed by atoms with Crippen molar-refractivity contribution in [3.63, 3.8) is 0 Å². The maximum atomic E-state index is 12.6. The van der Waals surface area contributed by atoms with Crippen molar-refractivity contribution in [3.8, 4) is 22.5 Å². The zero-order chi connectivity index (χ0) is 25.2. The quantitative estimate of drug-likeness (QED) is 0.355. The lowest BCUT2D eigenvalue weighted by Gasteiger charge is -2.22. The van der Waals surface area contributed by atoms with E-state index in [1.165, 1.54) is 6.42 Å². The van der Waals surface area contributed by atoms with E-state index >= 15 is 0 Å².